The van der Waals surface area contributed by atoms with E-state index in [0.717, 1.165) is 45.6 Å². The van der Waals surface area contributed by atoms with Crippen LogP contribution in [-0.4, -0.2) is 23.2 Å². The predicted octanol–water partition coefficient (Wildman–Crippen LogP) is 2.53. The third kappa shape index (κ3) is 3.58. The summed E-state index contributed by atoms with van der Waals surface area (Å²) < 4.78 is 0. The Hall–Kier alpha value is -3.28. The minimum Gasteiger partial charge on any atom is -0.392 e. The Kier molecular flexibility index (Phi) is 5.28. The topological polar surface area (TPSA) is 86.9 Å². The SMILES string of the molecule is [NH3+]Cc1ccc(-c2nc3cc[nH+]c(NCCO)c3cc2-c2ccccc2)cc1. The van der Waals surface area contributed by atoms with E-state index in [2.05, 4.69) is 58.5 Å². The number of quaternary nitrogens is 1. The highest BCUT2D eigenvalue weighted by molar-refractivity contribution is 5.95. The molecule has 140 valence electrons. The lowest BCUT2D eigenvalue weighted by atomic mass is 9.97. The average Bonchev–Trinajstić information content (AvgIpc) is 2.77. The van der Waals surface area contributed by atoms with Gasteiger partial charge in [-0.1, -0.05) is 54.6 Å². The number of nitrogens with zero attached hydrogens (tertiary/aromatic N) is 1. The Morgan fingerprint density at radius 3 is 2.46 bits per heavy atom. The summed E-state index contributed by atoms with van der Waals surface area (Å²) in [6.07, 6.45) is 1.87. The van der Waals surface area contributed by atoms with Crippen LogP contribution in [-0.2, 0) is 6.54 Å². The van der Waals surface area contributed by atoms with Crippen molar-refractivity contribution in [3.05, 3.63) is 78.5 Å². The molecule has 0 unspecified atom stereocenters. The van der Waals surface area contributed by atoms with Gasteiger partial charge in [0.2, 0.25) is 0 Å². The van der Waals surface area contributed by atoms with E-state index in [1.807, 2.05) is 30.5 Å². The Labute approximate surface area is 163 Å². The van der Waals surface area contributed by atoms with Crippen LogP contribution in [0, 0.1) is 0 Å². The van der Waals surface area contributed by atoms with Crippen molar-refractivity contribution in [2.45, 2.75) is 6.54 Å². The molecule has 2 aromatic carbocycles. The zero-order valence-corrected chi connectivity index (χ0v) is 15.7. The molecule has 2 heterocycles. The standard InChI is InChI=1S/C23H22N4O/c24-15-16-6-8-18(9-7-16)22-19(17-4-2-1-3-5-17)14-20-21(27-22)10-11-25-23(20)26-12-13-28/h1-11,14,28H,12-13,15,24H2,(H,25,26)/p+2. The van der Waals surface area contributed by atoms with E-state index in [0.29, 0.717) is 6.54 Å². The normalized spacial score (nSPS) is 10.9. The Balaban J connectivity index is 1.94. The number of benzene rings is 2. The van der Waals surface area contributed by atoms with Gasteiger partial charge >= 0.3 is 0 Å². The van der Waals surface area contributed by atoms with Gasteiger partial charge in [0.05, 0.1) is 35.9 Å². The summed E-state index contributed by atoms with van der Waals surface area (Å²) in [5, 5.41) is 13.4. The lowest BCUT2D eigenvalue weighted by Gasteiger charge is -2.12. The van der Waals surface area contributed by atoms with Crippen molar-refractivity contribution in [3.8, 4) is 22.4 Å². The molecule has 0 aliphatic rings. The lowest BCUT2D eigenvalue weighted by molar-refractivity contribution is -0.386. The summed E-state index contributed by atoms with van der Waals surface area (Å²) in [5.41, 5.74) is 10.3. The predicted molar refractivity (Wildman–Crippen MR) is 111 cm³/mol. The third-order valence-electron chi connectivity index (χ3n) is 4.80. The Bertz CT molecular complexity index is 1080. The molecule has 5 nitrogen and oxygen atoms in total. The molecular weight excluding hydrogens is 348 g/mol. The van der Waals surface area contributed by atoms with Gasteiger partial charge in [-0.2, -0.15) is 0 Å². The first-order valence-corrected chi connectivity index (χ1v) is 9.44. The molecule has 28 heavy (non-hydrogen) atoms. The first kappa shape index (κ1) is 18.1. The summed E-state index contributed by atoms with van der Waals surface area (Å²) in [7, 11) is 0. The first-order chi connectivity index (χ1) is 13.8. The maximum Gasteiger partial charge on any atom is 0.281 e. The molecule has 0 saturated carbocycles. The van der Waals surface area contributed by atoms with E-state index in [9.17, 15) is 5.11 Å². The third-order valence-corrected chi connectivity index (χ3v) is 4.80. The highest BCUT2D eigenvalue weighted by Crippen LogP contribution is 2.34. The number of nitrogens with one attached hydrogen (secondary N) is 2. The fourth-order valence-electron chi connectivity index (χ4n) is 3.35. The van der Waals surface area contributed by atoms with Crippen molar-refractivity contribution in [1.29, 1.82) is 0 Å². The second-order valence-electron chi connectivity index (χ2n) is 6.63. The monoisotopic (exact) mass is 372 g/mol. The van der Waals surface area contributed by atoms with E-state index in [1.54, 1.807) is 0 Å². The highest BCUT2D eigenvalue weighted by Gasteiger charge is 2.16. The van der Waals surface area contributed by atoms with E-state index in [-0.39, 0.29) is 6.61 Å². The van der Waals surface area contributed by atoms with Crippen molar-refractivity contribution in [2.24, 2.45) is 0 Å². The number of rotatable bonds is 6. The molecule has 0 aliphatic carbocycles. The van der Waals surface area contributed by atoms with Gasteiger partial charge in [0.25, 0.3) is 5.82 Å². The molecule has 4 aromatic rings. The largest absolute Gasteiger partial charge is 0.392 e. The van der Waals surface area contributed by atoms with Gasteiger partial charge in [-0.15, -0.1) is 0 Å². The summed E-state index contributed by atoms with van der Waals surface area (Å²) in [4.78, 5) is 8.24. The number of aromatic amines is 1. The van der Waals surface area contributed by atoms with Crippen LogP contribution < -0.4 is 16.0 Å². The van der Waals surface area contributed by atoms with Crippen LogP contribution in [0.4, 0.5) is 5.82 Å². The van der Waals surface area contributed by atoms with E-state index in [1.165, 1.54) is 5.56 Å². The summed E-state index contributed by atoms with van der Waals surface area (Å²) in [6.45, 7) is 1.32. The van der Waals surface area contributed by atoms with Crippen LogP contribution in [0.3, 0.4) is 0 Å². The number of aromatic nitrogens is 2. The fraction of sp³-hybridized carbons (Fsp3) is 0.130. The number of pyridine rings is 2. The van der Waals surface area contributed by atoms with E-state index in [4.69, 9.17) is 4.98 Å². The lowest BCUT2D eigenvalue weighted by Crippen LogP contribution is -2.47. The molecule has 2 aromatic heterocycles. The van der Waals surface area contributed by atoms with Gasteiger partial charge in [-0.3, -0.25) is 5.32 Å². The Morgan fingerprint density at radius 1 is 0.964 bits per heavy atom. The minimum atomic E-state index is 0.0694. The van der Waals surface area contributed by atoms with Crippen molar-refractivity contribution < 1.29 is 15.8 Å². The average molecular weight is 372 g/mol. The van der Waals surface area contributed by atoms with Crippen LogP contribution in [0.25, 0.3) is 33.3 Å². The quantitative estimate of drug-likeness (QED) is 0.486. The first-order valence-electron chi connectivity index (χ1n) is 9.44. The summed E-state index contributed by atoms with van der Waals surface area (Å²) in [5.74, 6) is 0.857. The molecule has 6 N–H and O–H groups in total. The number of hydrogen-bond acceptors (Lipinski definition) is 3. The Morgan fingerprint density at radius 2 is 1.75 bits per heavy atom. The van der Waals surface area contributed by atoms with Crippen LogP contribution in [0.5, 0.6) is 0 Å². The van der Waals surface area contributed by atoms with Gasteiger partial charge in [-0.05, 0) is 11.6 Å². The van der Waals surface area contributed by atoms with Crippen LogP contribution in [0.1, 0.15) is 5.56 Å². The van der Waals surface area contributed by atoms with Gasteiger partial charge < -0.3 is 10.8 Å². The number of hydrogen-bond donors (Lipinski definition) is 3. The van der Waals surface area contributed by atoms with Gasteiger partial charge in [0.1, 0.15) is 6.54 Å². The molecule has 0 aliphatic heterocycles. The molecular formula is C23H24N4O+2. The maximum atomic E-state index is 9.17. The van der Waals surface area contributed by atoms with E-state index < -0.39 is 0 Å². The van der Waals surface area contributed by atoms with Gasteiger partial charge in [0, 0.05) is 22.8 Å². The van der Waals surface area contributed by atoms with Gasteiger partial charge in [0.15, 0.2) is 0 Å². The number of aliphatic hydroxyl groups excluding tert-OH is 1. The van der Waals surface area contributed by atoms with Crippen LogP contribution >= 0.6 is 0 Å². The van der Waals surface area contributed by atoms with Crippen molar-refractivity contribution in [2.75, 3.05) is 18.5 Å². The van der Waals surface area contributed by atoms with Crippen LogP contribution in [0.2, 0.25) is 0 Å². The molecule has 5 heteroatoms. The van der Waals surface area contributed by atoms with E-state index >= 15 is 0 Å². The zero-order chi connectivity index (χ0) is 19.3. The van der Waals surface area contributed by atoms with Crippen molar-refractivity contribution in [3.63, 3.8) is 0 Å². The molecule has 0 bridgehead atoms. The second-order valence-corrected chi connectivity index (χ2v) is 6.63. The summed E-state index contributed by atoms with van der Waals surface area (Å²) >= 11 is 0. The maximum absolute atomic E-state index is 9.17. The van der Waals surface area contributed by atoms with Crippen LogP contribution in [0.15, 0.2) is 72.9 Å². The fourth-order valence-corrected chi connectivity index (χ4v) is 3.35. The second kappa shape index (κ2) is 8.17. The number of fused-ring (bicyclic) bond motifs is 1. The molecule has 0 radical (unpaired) electrons. The number of H-pyrrole nitrogens is 1. The van der Waals surface area contributed by atoms with Crippen molar-refractivity contribution in [1.82, 2.24) is 4.98 Å². The molecule has 0 atom stereocenters. The molecule has 0 amide bonds. The minimum absolute atomic E-state index is 0.0694. The molecule has 0 saturated heterocycles. The highest BCUT2D eigenvalue weighted by atomic mass is 16.3. The molecule has 0 fully saturated rings. The molecule has 4 rings (SSSR count). The number of aliphatic hydroxyl groups is 1. The smallest absolute Gasteiger partial charge is 0.281 e. The number of anilines is 1. The summed E-state index contributed by atoms with van der Waals surface area (Å²) in [6, 6.07) is 22.9. The molecule has 0 spiro atoms. The van der Waals surface area contributed by atoms with Crippen molar-refractivity contribution >= 4 is 16.7 Å². The van der Waals surface area contributed by atoms with Gasteiger partial charge in [-0.25, -0.2) is 9.97 Å². The zero-order valence-electron chi connectivity index (χ0n) is 15.7.